The van der Waals surface area contributed by atoms with Crippen molar-refractivity contribution in [2.24, 2.45) is 5.92 Å². The van der Waals surface area contributed by atoms with Crippen molar-refractivity contribution in [3.05, 3.63) is 17.7 Å². The fourth-order valence-electron chi connectivity index (χ4n) is 3.57. The van der Waals surface area contributed by atoms with Gasteiger partial charge in [-0.25, -0.2) is 9.78 Å². The van der Waals surface area contributed by atoms with Crippen LogP contribution >= 0.6 is 0 Å². The van der Waals surface area contributed by atoms with Crippen LogP contribution in [-0.2, 0) is 17.8 Å². The normalized spacial score (nSPS) is 19.6. The molecule has 1 amide bonds. The molecule has 0 aromatic carbocycles. The van der Waals surface area contributed by atoms with Gasteiger partial charge in [-0.2, -0.15) is 0 Å². The third-order valence-electron chi connectivity index (χ3n) is 4.79. The number of carbonyl (C=O) groups is 2. The Balaban J connectivity index is 1.62. The zero-order valence-electron chi connectivity index (χ0n) is 12.8. The summed E-state index contributed by atoms with van der Waals surface area (Å²) in [5, 5.41) is 12.0. The molecule has 1 aromatic rings. The molecule has 0 saturated heterocycles. The number of hydrogen-bond acceptors (Lipinski definition) is 3. The average molecular weight is 305 g/mol. The zero-order chi connectivity index (χ0) is 15.5. The van der Waals surface area contributed by atoms with Crippen LogP contribution in [0.5, 0.6) is 0 Å². The van der Waals surface area contributed by atoms with E-state index in [1.165, 1.54) is 19.3 Å². The maximum atomic E-state index is 12.3. The number of rotatable bonds is 5. The fraction of sp³-hybridized carbons (Fsp3) is 0.688. The number of carboxylic acids is 1. The molecule has 6 heteroatoms. The molecule has 2 N–H and O–H groups in total. The van der Waals surface area contributed by atoms with Crippen LogP contribution in [0.15, 0.2) is 6.20 Å². The lowest BCUT2D eigenvalue weighted by Gasteiger charge is -2.24. The summed E-state index contributed by atoms with van der Waals surface area (Å²) < 4.78 is 1.98. The van der Waals surface area contributed by atoms with Crippen molar-refractivity contribution in [1.29, 1.82) is 0 Å². The number of nitrogens with one attached hydrogen (secondary N) is 1. The van der Waals surface area contributed by atoms with E-state index < -0.39 is 12.0 Å². The summed E-state index contributed by atoms with van der Waals surface area (Å²) in [6, 6.07) is -0.813. The van der Waals surface area contributed by atoms with Crippen molar-refractivity contribution in [2.45, 2.75) is 64.0 Å². The van der Waals surface area contributed by atoms with Crippen molar-refractivity contribution < 1.29 is 14.7 Å². The van der Waals surface area contributed by atoms with E-state index in [1.54, 1.807) is 6.20 Å². The fourth-order valence-corrected chi connectivity index (χ4v) is 3.57. The predicted octanol–water partition coefficient (Wildman–Crippen LogP) is 1.98. The zero-order valence-corrected chi connectivity index (χ0v) is 12.8. The second kappa shape index (κ2) is 6.50. The molecule has 1 atom stereocenters. The predicted molar refractivity (Wildman–Crippen MR) is 80.6 cm³/mol. The van der Waals surface area contributed by atoms with Gasteiger partial charge in [0, 0.05) is 19.2 Å². The minimum absolute atomic E-state index is 0.338. The first-order valence-corrected chi connectivity index (χ1v) is 8.23. The molecule has 1 saturated carbocycles. The second-order valence-corrected chi connectivity index (χ2v) is 6.44. The van der Waals surface area contributed by atoms with E-state index in [9.17, 15) is 14.7 Å². The third-order valence-corrected chi connectivity index (χ3v) is 4.79. The summed E-state index contributed by atoms with van der Waals surface area (Å²) in [4.78, 5) is 28.0. The topological polar surface area (TPSA) is 84.2 Å². The Morgan fingerprint density at radius 3 is 2.77 bits per heavy atom. The molecule has 1 unspecified atom stereocenters. The smallest absolute Gasteiger partial charge is 0.326 e. The lowest BCUT2D eigenvalue weighted by atomic mass is 9.85. The standard InChI is InChI=1S/C16H23N3O3/c20-15(13-10-19-8-4-7-14(19)17-13)18-12(16(21)22)9-11-5-2-1-3-6-11/h10-12H,1-9H2,(H,18,20)(H,21,22). The highest BCUT2D eigenvalue weighted by atomic mass is 16.4. The monoisotopic (exact) mass is 305 g/mol. The van der Waals surface area contributed by atoms with E-state index in [4.69, 9.17) is 0 Å². The van der Waals surface area contributed by atoms with Crippen molar-refractivity contribution in [1.82, 2.24) is 14.9 Å². The van der Waals surface area contributed by atoms with Gasteiger partial charge in [0.2, 0.25) is 0 Å². The quantitative estimate of drug-likeness (QED) is 0.871. The molecule has 1 aromatic heterocycles. The SMILES string of the molecule is O=C(NC(CC1CCCCC1)C(=O)O)c1cn2c(n1)CCC2. The van der Waals surface area contributed by atoms with Crippen molar-refractivity contribution in [2.75, 3.05) is 0 Å². The number of aryl methyl sites for hydroxylation is 2. The number of hydrogen-bond donors (Lipinski definition) is 2. The Morgan fingerprint density at radius 2 is 2.09 bits per heavy atom. The van der Waals surface area contributed by atoms with Gasteiger partial charge < -0.3 is 15.0 Å². The van der Waals surface area contributed by atoms with E-state index >= 15 is 0 Å². The van der Waals surface area contributed by atoms with Crippen LogP contribution in [0.4, 0.5) is 0 Å². The lowest BCUT2D eigenvalue weighted by molar-refractivity contribution is -0.139. The minimum Gasteiger partial charge on any atom is -0.480 e. The third kappa shape index (κ3) is 3.31. The van der Waals surface area contributed by atoms with Gasteiger partial charge in [-0.3, -0.25) is 4.79 Å². The lowest BCUT2D eigenvalue weighted by Crippen LogP contribution is -2.42. The molecule has 3 rings (SSSR count). The first-order valence-electron chi connectivity index (χ1n) is 8.23. The molecule has 6 nitrogen and oxygen atoms in total. The number of nitrogens with zero attached hydrogens (tertiary/aromatic N) is 2. The molecular weight excluding hydrogens is 282 g/mol. The molecule has 0 spiro atoms. The van der Waals surface area contributed by atoms with Crippen LogP contribution in [-0.4, -0.2) is 32.6 Å². The Morgan fingerprint density at radius 1 is 1.32 bits per heavy atom. The molecule has 120 valence electrons. The highest BCUT2D eigenvalue weighted by Crippen LogP contribution is 2.27. The molecule has 2 aliphatic rings. The molecule has 1 aliphatic carbocycles. The van der Waals surface area contributed by atoms with Crippen molar-refractivity contribution >= 4 is 11.9 Å². The Hall–Kier alpha value is -1.85. The van der Waals surface area contributed by atoms with Crippen LogP contribution in [0.3, 0.4) is 0 Å². The molecule has 2 heterocycles. The van der Waals surface area contributed by atoms with Gasteiger partial charge >= 0.3 is 5.97 Å². The van der Waals surface area contributed by atoms with E-state index in [1.807, 2.05) is 4.57 Å². The summed E-state index contributed by atoms with van der Waals surface area (Å²) >= 11 is 0. The number of amides is 1. The van der Waals surface area contributed by atoms with Crippen LogP contribution in [0, 0.1) is 5.92 Å². The number of aliphatic carboxylic acids is 1. The number of carbonyl (C=O) groups excluding carboxylic acids is 1. The first-order chi connectivity index (χ1) is 10.6. The average Bonchev–Trinajstić information content (AvgIpc) is 3.08. The van der Waals surface area contributed by atoms with Crippen LogP contribution in [0.25, 0.3) is 0 Å². The molecule has 0 bridgehead atoms. The number of carboxylic acid groups (broad SMARTS) is 1. The number of fused-ring (bicyclic) bond motifs is 1. The summed E-state index contributed by atoms with van der Waals surface area (Å²) in [5.74, 6) is 0.00207. The second-order valence-electron chi connectivity index (χ2n) is 6.44. The van der Waals surface area contributed by atoms with E-state index in [0.717, 1.165) is 38.1 Å². The maximum Gasteiger partial charge on any atom is 0.326 e. The first kappa shape index (κ1) is 15.1. The van der Waals surface area contributed by atoms with Gasteiger partial charge in [-0.05, 0) is 18.8 Å². The van der Waals surface area contributed by atoms with Gasteiger partial charge in [0.15, 0.2) is 0 Å². The van der Waals surface area contributed by atoms with Gasteiger partial charge in [-0.1, -0.05) is 32.1 Å². The Bertz CT molecular complexity index is 539. The van der Waals surface area contributed by atoms with Gasteiger partial charge in [-0.15, -0.1) is 0 Å². The van der Waals surface area contributed by atoms with E-state index in [2.05, 4.69) is 10.3 Å². The highest BCUT2D eigenvalue weighted by Gasteiger charge is 2.27. The van der Waals surface area contributed by atoms with E-state index in [0.29, 0.717) is 18.0 Å². The number of imidazole rings is 1. The van der Waals surface area contributed by atoms with Gasteiger partial charge in [0.05, 0.1) is 0 Å². The molecule has 0 radical (unpaired) electrons. The van der Waals surface area contributed by atoms with E-state index in [-0.39, 0.29) is 5.91 Å². The van der Waals surface area contributed by atoms with Crippen LogP contribution < -0.4 is 5.32 Å². The molecule has 1 aliphatic heterocycles. The largest absolute Gasteiger partial charge is 0.480 e. The summed E-state index contributed by atoms with van der Waals surface area (Å²) in [6.45, 7) is 0.889. The Kier molecular flexibility index (Phi) is 4.45. The maximum absolute atomic E-state index is 12.3. The highest BCUT2D eigenvalue weighted by molar-refractivity contribution is 5.94. The minimum atomic E-state index is -0.953. The van der Waals surface area contributed by atoms with Gasteiger partial charge in [0.1, 0.15) is 17.6 Å². The number of aromatic nitrogens is 2. The molecule has 1 fully saturated rings. The van der Waals surface area contributed by atoms with Crippen molar-refractivity contribution in [3.8, 4) is 0 Å². The van der Waals surface area contributed by atoms with Crippen LogP contribution in [0.1, 0.15) is 61.3 Å². The van der Waals surface area contributed by atoms with Gasteiger partial charge in [0.25, 0.3) is 5.91 Å². The summed E-state index contributed by atoms with van der Waals surface area (Å²) in [6.07, 6.45) is 9.91. The Labute approximate surface area is 129 Å². The molecular formula is C16H23N3O3. The molecule has 22 heavy (non-hydrogen) atoms. The van der Waals surface area contributed by atoms with Crippen LogP contribution in [0.2, 0.25) is 0 Å². The summed E-state index contributed by atoms with van der Waals surface area (Å²) in [7, 11) is 0. The van der Waals surface area contributed by atoms with Crippen molar-refractivity contribution in [3.63, 3.8) is 0 Å². The summed E-state index contributed by atoms with van der Waals surface area (Å²) in [5.41, 5.74) is 0.338.